The zero-order valence-corrected chi connectivity index (χ0v) is 23.9. The van der Waals surface area contributed by atoms with E-state index in [-0.39, 0.29) is 29.7 Å². The molecule has 1 saturated heterocycles. The smallest absolute Gasteiger partial charge is 0.369 e. The lowest BCUT2D eigenvalue weighted by Gasteiger charge is -2.34. The quantitative estimate of drug-likeness (QED) is 0.239. The number of piperazine rings is 1. The van der Waals surface area contributed by atoms with E-state index >= 15 is 0 Å². The van der Waals surface area contributed by atoms with E-state index in [2.05, 4.69) is 15.1 Å². The summed E-state index contributed by atoms with van der Waals surface area (Å²) in [6.07, 6.45) is -10.1. The summed E-state index contributed by atoms with van der Waals surface area (Å²) in [4.78, 5) is 31.3. The normalized spacial score (nSPS) is 14.7. The summed E-state index contributed by atoms with van der Waals surface area (Å²) in [5.41, 5.74) is -3.98. The lowest BCUT2D eigenvalue weighted by molar-refractivity contribution is -0.143. The van der Waals surface area contributed by atoms with E-state index in [1.807, 2.05) is 7.05 Å². The molecule has 5 nitrogen and oxygen atoms in total. The highest BCUT2D eigenvalue weighted by Gasteiger charge is 2.40. The van der Waals surface area contributed by atoms with Crippen molar-refractivity contribution in [2.24, 2.45) is 0 Å². The number of nitrogens with one attached hydrogen (secondary N) is 1. The Morgan fingerprint density at radius 1 is 0.738 bits per heavy atom. The maximum atomic E-state index is 13.5. The number of likely N-dealkylation sites (N-methyl/N-ethyl adjacent to an activating group) is 1. The van der Waals surface area contributed by atoms with Crippen molar-refractivity contribution < 1.29 is 35.9 Å². The molecule has 0 atom stereocenters. The molecule has 0 saturated carbocycles. The highest BCUT2D eigenvalue weighted by molar-refractivity contribution is 6.15. The molecule has 0 spiro atoms. The number of anilines is 2. The number of nitrogens with zero attached hydrogens (tertiary/aromatic N) is 2. The van der Waals surface area contributed by atoms with Gasteiger partial charge in [0.2, 0.25) is 5.91 Å². The lowest BCUT2D eigenvalue weighted by atomic mass is 9.81. The van der Waals surface area contributed by atoms with Crippen LogP contribution in [0.25, 0.3) is 0 Å². The summed E-state index contributed by atoms with van der Waals surface area (Å²) < 4.78 is 80.9. The van der Waals surface area contributed by atoms with Crippen LogP contribution in [-0.2, 0) is 22.6 Å². The molecule has 1 N–H and O–H groups in total. The second kappa shape index (κ2) is 12.3. The molecule has 3 aromatic carbocycles. The highest BCUT2D eigenvalue weighted by Crippen LogP contribution is 2.39. The van der Waals surface area contributed by atoms with Crippen LogP contribution in [0.1, 0.15) is 46.5 Å². The van der Waals surface area contributed by atoms with Crippen LogP contribution in [0, 0.1) is 0 Å². The SMILES string of the molecule is CN1CCN(c2ccc(NC(=O)C(C)(C)c3cc(C(F)(F)F)cc(C(F)(F)F)c3)c(C(=O)c3ccccc3)c2)CC1.Cl. The van der Waals surface area contributed by atoms with Gasteiger partial charge in [0.15, 0.2) is 5.78 Å². The minimum absolute atomic E-state index is 0. The summed E-state index contributed by atoms with van der Waals surface area (Å²) in [5, 5.41) is 2.60. The van der Waals surface area contributed by atoms with Crippen molar-refractivity contribution in [2.75, 3.05) is 43.4 Å². The first-order valence-electron chi connectivity index (χ1n) is 12.9. The number of ketones is 1. The average molecular weight is 614 g/mol. The van der Waals surface area contributed by atoms with Gasteiger partial charge in [0.25, 0.3) is 0 Å². The molecule has 3 aromatic rings. The Morgan fingerprint density at radius 3 is 1.79 bits per heavy atom. The van der Waals surface area contributed by atoms with E-state index in [9.17, 15) is 35.9 Å². The van der Waals surface area contributed by atoms with Crippen LogP contribution in [0.3, 0.4) is 0 Å². The molecule has 226 valence electrons. The predicted molar refractivity (Wildman–Crippen MR) is 151 cm³/mol. The van der Waals surface area contributed by atoms with Gasteiger partial charge in [-0.05, 0) is 62.9 Å². The Bertz CT molecular complexity index is 1400. The van der Waals surface area contributed by atoms with E-state index < -0.39 is 46.1 Å². The molecule has 1 amide bonds. The van der Waals surface area contributed by atoms with Crippen molar-refractivity contribution in [1.82, 2.24) is 4.90 Å². The van der Waals surface area contributed by atoms with Gasteiger partial charge in [-0.15, -0.1) is 12.4 Å². The van der Waals surface area contributed by atoms with Gasteiger partial charge in [-0.3, -0.25) is 9.59 Å². The van der Waals surface area contributed by atoms with Crippen molar-refractivity contribution in [2.45, 2.75) is 31.6 Å². The maximum Gasteiger partial charge on any atom is 0.416 e. The maximum absolute atomic E-state index is 13.5. The van der Waals surface area contributed by atoms with E-state index in [0.717, 1.165) is 18.8 Å². The van der Waals surface area contributed by atoms with Gasteiger partial charge in [0.1, 0.15) is 0 Å². The van der Waals surface area contributed by atoms with Gasteiger partial charge in [-0.2, -0.15) is 26.3 Å². The van der Waals surface area contributed by atoms with Crippen molar-refractivity contribution in [3.8, 4) is 0 Å². The van der Waals surface area contributed by atoms with Crippen molar-refractivity contribution in [3.05, 3.63) is 94.5 Å². The van der Waals surface area contributed by atoms with Gasteiger partial charge >= 0.3 is 12.4 Å². The molecule has 1 aliphatic heterocycles. The molecule has 0 radical (unpaired) electrons. The first-order chi connectivity index (χ1) is 19.1. The molecule has 0 aromatic heterocycles. The first kappa shape index (κ1) is 32.9. The number of amides is 1. The third kappa shape index (κ3) is 7.25. The second-order valence-electron chi connectivity index (χ2n) is 10.6. The molecule has 0 unspecified atom stereocenters. The van der Waals surface area contributed by atoms with Crippen LogP contribution >= 0.6 is 12.4 Å². The molecular formula is C30H30ClF6N3O2. The predicted octanol–water partition coefficient (Wildman–Crippen LogP) is 7.05. The molecule has 0 aliphatic carbocycles. The summed E-state index contributed by atoms with van der Waals surface area (Å²) >= 11 is 0. The Balaban J connectivity index is 0.00000484. The summed E-state index contributed by atoms with van der Waals surface area (Å²) in [5.74, 6) is -1.27. The number of halogens is 7. The number of carbonyl (C=O) groups is 2. The van der Waals surface area contributed by atoms with E-state index in [1.165, 1.54) is 19.9 Å². The number of carbonyl (C=O) groups excluding carboxylic acids is 2. The summed E-state index contributed by atoms with van der Waals surface area (Å²) in [6.45, 7) is 5.51. The van der Waals surface area contributed by atoms with Gasteiger partial charge < -0.3 is 15.1 Å². The zero-order chi connectivity index (χ0) is 30.2. The number of rotatable bonds is 6. The molecule has 1 aliphatic rings. The number of hydrogen-bond donors (Lipinski definition) is 1. The van der Waals surface area contributed by atoms with Gasteiger partial charge in [0.05, 0.1) is 22.2 Å². The van der Waals surface area contributed by atoms with Crippen molar-refractivity contribution >= 4 is 35.5 Å². The number of alkyl halides is 6. The Morgan fingerprint density at radius 2 is 1.26 bits per heavy atom. The minimum atomic E-state index is -5.06. The number of benzene rings is 3. The molecule has 0 bridgehead atoms. The first-order valence-corrected chi connectivity index (χ1v) is 12.9. The molecule has 1 heterocycles. The Kier molecular flexibility index (Phi) is 9.68. The van der Waals surface area contributed by atoms with Crippen LogP contribution in [0.5, 0.6) is 0 Å². The lowest BCUT2D eigenvalue weighted by Crippen LogP contribution is -2.44. The largest absolute Gasteiger partial charge is 0.416 e. The summed E-state index contributed by atoms with van der Waals surface area (Å²) in [6, 6.07) is 14.3. The van der Waals surface area contributed by atoms with E-state index in [4.69, 9.17) is 0 Å². The zero-order valence-electron chi connectivity index (χ0n) is 23.1. The average Bonchev–Trinajstić information content (AvgIpc) is 2.92. The highest BCUT2D eigenvalue weighted by atomic mass is 35.5. The summed E-state index contributed by atoms with van der Waals surface area (Å²) in [7, 11) is 2.00. The molecule has 1 fully saturated rings. The Hall–Kier alpha value is -3.57. The van der Waals surface area contributed by atoms with Crippen LogP contribution < -0.4 is 10.2 Å². The third-order valence-corrected chi connectivity index (χ3v) is 7.28. The molecule has 4 rings (SSSR count). The fourth-order valence-electron chi connectivity index (χ4n) is 4.56. The van der Waals surface area contributed by atoms with Crippen LogP contribution in [0.4, 0.5) is 37.7 Å². The van der Waals surface area contributed by atoms with E-state index in [1.54, 1.807) is 42.5 Å². The van der Waals surface area contributed by atoms with Crippen molar-refractivity contribution in [3.63, 3.8) is 0 Å². The fraction of sp³-hybridized carbons (Fsp3) is 0.333. The van der Waals surface area contributed by atoms with Gasteiger partial charge in [-0.1, -0.05) is 30.3 Å². The van der Waals surface area contributed by atoms with Gasteiger partial charge in [0, 0.05) is 43.0 Å². The molecular weight excluding hydrogens is 584 g/mol. The van der Waals surface area contributed by atoms with Crippen LogP contribution in [-0.4, -0.2) is 49.8 Å². The standard InChI is InChI=1S/C30H29F6N3O2.ClH/c1-28(2,20-15-21(29(31,32)33)17-22(16-20)30(34,35)36)27(41)37-25-10-9-23(39-13-11-38(3)12-14-39)18-24(25)26(40)19-7-5-4-6-8-19;/h4-10,15-18H,11-14H2,1-3H3,(H,37,41);1H. The van der Waals surface area contributed by atoms with Crippen LogP contribution in [0.2, 0.25) is 0 Å². The Labute approximate surface area is 245 Å². The van der Waals surface area contributed by atoms with Gasteiger partial charge in [-0.25, -0.2) is 0 Å². The van der Waals surface area contributed by atoms with Crippen molar-refractivity contribution in [1.29, 1.82) is 0 Å². The monoisotopic (exact) mass is 613 g/mol. The molecule has 12 heteroatoms. The topological polar surface area (TPSA) is 52.6 Å². The minimum Gasteiger partial charge on any atom is -0.369 e. The fourth-order valence-corrected chi connectivity index (χ4v) is 4.56. The number of hydrogen-bond acceptors (Lipinski definition) is 4. The third-order valence-electron chi connectivity index (χ3n) is 7.28. The van der Waals surface area contributed by atoms with E-state index in [0.29, 0.717) is 30.8 Å². The molecule has 42 heavy (non-hydrogen) atoms. The second-order valence-corrected chi connectivity index (χ2v) is 10.6. The van der Waals surface area contributed by atoms with Crippen LogP contribution in [0.15, 0.2) is 66.7 Å².